The Bertz CT molecular complexity index is 858. The summed E-state index contributed by atoms with van der Waals surface area (Å²) in [7, 11) is 0. The minimum absolute atomic E-state index is 0.303. The summed E-state index contributed by atoms with van der Waals surface area (Å²) in [5.74, 6) is 0.0602. The predicted octanol–water partition coefficient (Wildman–Crippen LogP) is 3.95. The largest absolute Gasteiger partial charge is 0.433 e. The van der Waals surface area contributed by atoms with Gasteiger partial charge in [-0.2, -0.15) is 0 Å². The minimum Gasteiger partial charge on any atom is -0.401 e. The summed E-state index contributed by atoms with van der Waals surface area (Å²) in [6.07, 6.45) is 4.82. The summed E-state index contributed by atoms with van der Waals surface area (Å²) in [6, 6.07) is 8.16. The van der Waals surface area contributed by atoms with Crippen LogP contribution in [0.15, 0.2) is 40.9 Å². The van der Waals surface area contributed by atoms with E-state index in [1.165, 1.54) is 12.1 Å². The number of furan rings is 1. The first-order valence-corrected chi connectivity index (χ1v) is 6.35. The van der Waals surface area contributed by atoms with Gasteiger partial charge in [-0.05, 0) is 30.4 Å². The van der Waals surface area contributed by atoms with Crippen LogP contribution in [0.1, 0.15) is 11.5 Å². The Balaban J connectivity index is 1.91. The van der Waals surface area contributed by atoms with Gasteiger partial charge in [0.05, 0.1) is 28.5 Å². The van der Waals surface area contributed by atoms with Crippen LogP contribution < -0.4 is 0 Å². The number of rotatable bonds is 3. The highest BCUT2D eigenvalue weighted by atomic mass is 35.5. The van der Waals surface area contributed by atoms with E-state index in [2.05, 4.69) is 9.97 Å². The fraction of sp³-hybridized carbons (Fsp3) is 0. The standard InChI is InChI=1S/C14H8ClN3O3/c15-11-2-1-3-12-14(11)17-9(8-16-12)4-5-10-6-7-13(21-10)18(19)20/h1-8H/b5-4+. The van der Waals surface area contributed by atoms with Crippen molar-refractivity contribution in [2.45, 2.75) is 0 Å². The zero-order valence-corrected chi connectivity index (χ0v) is 11.3. The Kier molecular flexibility index (Phi) is 3.37. The molecule has 0 bridgehead atoms. The van der Waals surface area contributed by atoms with Crippen molar-refractivity contribution in [3.63, 3.8) is 0 Å². The highest BCUT2D eigenvalue weighted by Crippen LogP contribution is 2.21. The second-order valence-corrected chi connectivity index (χ2v) is 4.58. The molecule has 7 heteroatoms. The van der Waals surface area contributed by atoms with Gasteiger partial charge in [-0.25, -0.2) is 4.98 Å². The van der Waals surface area contributed by atoms with Crippen LogP contribution in [0, 0.1) is 10.1 Å². The minimum atomic E-state index is -0.590. The Morgan fingerprint density at radius 2 is 2.10 bits per heavy atom. The molecule has 0 amide bonds. The summed E-state index contributed by atoms with van der Waals surface area (Å²) < 4.78 is 5.02. The molecule has 21 heavy (non-hydrogen) atoms. The molecule has 0 aliphatic carbocycles. The number of nitro groups is 1. The molecule has 0 atom stereocenters. The first kappa shape index (κ1) is 13.3. The van der Waals surface area contributed by atoms with Gasteiger partial charge in [0.1, 0.15) is 16.2 Å². The quantitative estimate of drug-likeness (QED) is 0.540. The van der Waals surface area contributed by atoms with E-state index in [0.717, 1.165) is 0 Å². The zero-order chi connectivity index (χ0) is 14.8. The molecule has 6 nitrogen and oxygen atoms in total. The SMILES string of the molecule is O=[N+]([O-])c1ccc(/C=C/c2cnc3cccc(Cl)c3n2)o1. The van der Waals surface area contributed by atoms with Gasteiger partial charge in [-0.15, -0.1) is 0 Å². The van der Waals surface area contributed by atoms with Gasteiger partial charge >= 0.3 is 5.88 Å². The summed E-state index contributed by atoms with van der Waals surface area (Å²) >= 11 is 6.06. The molecular weight excluding hydrogens is 294 g/mol. The second kappa shape index (κ2) is 5.34. The maximum atomic E-state index is 10.5. The number of nitrogens with zero attached hydrogens (tertiary/aromatic N) is 3. The molecule has 3 aromatic rings. The van der Waals surface area contributed by atoms with E-state index in [9.17, 15) is 10.1 Å². The molecule has 0 spiro atoms. The second-order valence-electron chi connectivity index (χ2n) is 4.17. The van der Waals surface area contributed by atoms with Gasteiger partial charge in [-0.3, -0.25) is 15.1 Å². The molecule has 0 aliphatic heterocycles. The van der Waals surface area contributed by atoms with Gasteiger partial charge in [0.15, 0.2) is 0 Å². The summed E-state index contributed by atoms with van der Waals surface area (Å²) in [4.78, 5) is 18.6. The number of hydrogen-bond acceptors (Lipinski definition) is 5. The maximum Gasteiger partial charge on any atom is 0.433 e. The third-order valence-electron chi connectivity index (χ3n) is 2.75. The molecule has 0 saturated heterocycles. The van der Waals surface area contributed by atoms with Crippen LogP contribution >= 0.6 is 11.6 Å². The fourth-order valence-corrected chi connectivity index (χ4v) is 2.00. The van der Waals surface area contributed by atoms with E-state index in [0.29, 0.717) is 27.5 Å². The Labute approximate surface area is 123 Å². The van der Waals surface area contributed by atoms with Crippen LogP contribution in [-0.2, 0) is 0 Å². The lowest BCUT2D eigenvalue weighted by atomic mass is 10.3. The van der Waals surface area contributed by atoms with E-state index in [4.69, 9.17) is 16.0 Å². The van der Waals surface area contributed by atoms with Crippen LogP contribution in [0.4, 0.5) is 5.88 Å². The third-order valence-corrected chi connectivity index (χ3v) is 3.06. The van der Waals surface area contributed by atoms with Crippen molar-refractivity contribution in [3.05, 3.63) is 63.1 Å². The summed E-state index contributed by atoms with van der Waals surface area (Å²) in [6.45, 7) is 0. The van der Waals surface area contributed by atoms with Gasteiger partial charge in [0.25, 0.3) is 0 Å². The van der Waals surface area contributed by atoms with Crippen LogP contribution in [0.5, 0.6) is 0 Å². The van der Waals surface area contributed by atoms with Crippen molar-refractivity contribution >= 4 is 40.7 Å². The average molecular weight is 302 g/mol. The molecule has 0 unspecified atom stereocenters. The van der Waals surface area contributed by atoms with Crippen molar-refractivity contribution in [2.75, 3.05) is 0 Å². The molecule has 3 rings (SSSR count). The third kappa shape index (κ3) is 2.75. The lowest BCUT2D eigenvalue weighted by Crippen LogP contribution is -1.87. The predicted molar refractivity (Wildman–Crippen MR) is 78.8 cm³/mol. The Morgan fingerprint density at radius 1 is 1.24 bits per heavy atom. The topological polar surface area (TPSA) is 82.1 Å². The number of benzene rings is 1. The van der Waals surface area contributed by atoms with Gasteiger partial charge in [-0.1, -0.05) is 17.7 Å². The van der Waals surface area contributed by atoms with Crippen LogP contribution in [0.2, 0.25) is 5.02 Å². The van der Waals surface area contributed by atoms with E-state index >= 15 is 0 Å². The highest BCUT2D eigenvalue weighted by molar-refractivity contribution is 6.34. The average Bonchev–Trinajstić information content (AvgIpc) is 2.95. The van der Waals surface area contributed by atoms with Crippen LogP contribution in [0.25, 0.3) is 23.2 Å². The maximum absolute atomic E-state index is 10.5. The monoisotopic (exact) mass is 301 g/mol. The van der Waals surface area contributed by atoms with Crippen LogP contribution in [0.3, 0.4) is 0 Å². The molecular formula is C14H8ClN3O3. The number of hydrogen-bond donors (Lipinski definition) is 0. The number of fused-ring (bicyclic) bond motifs is 1. The lowest BCUT2D eigenvalue weighted by Gasteiger charge is -1.99. The Hall–Kier alpha value is -2.73. The van der Waals surface area contributed by atoms with Crippen molar-refractivity contribution in [1.29, 1.82) is 0 Å². The van der Waals surface area contributed by atoms with Crippen LogP contribution in [-0.4, -0.2) is 14.9 Å². The van der Waals surface area contributed by atoms with E-state index < -0.39 is 4.92 Å². The van der Waals surface area contributed by atoms with E-state index in [-0.39, 0.29) is 5.88 Å². The van der Waals surface area contributed by atoms with Crippen molar-refractivity contribution in [3.8, 4) is 0 Å². The molecule has 0 aliphatic rings. The molecule has 2 aromatic heterocycles. The van der Waals surface area contributed by atoms with Gasteiger partial charge in [0, 0.05) is 0 Å². The molecule has 0 saturated carbocycles. The van der Waals surface area contributed by atoms with Crippen molar-refractivity contribution in [2.24, 2.45) is 0 Å². The first-order chi connectivity index (χ1) is 10.1. The molecule has 0 radical (unpaired) electrons. The smallest absolute Gasteiger partial charge is 0.401 e. The molecule has 2 heterocycles. The van der Waals surface area contributed by atoms with Crippen molar-refractivity contribution in [1.82, 2.24) is 9.97 Å². The lowest BCUT2D eigenvalue weighted by molar-refractivity contribution is -0.402. The molecule has 0 N–H and O–H groups in total. The van der Waals surface area contributed by atoms with Crippen molar-refractivity contribution < 1.29 is 9.34 Å². The number of aromatic nitrogens is 2. The highest BCUT2D eigenvalue weighted by Gasteiger charge is 2.09. The molecule has 104 valence electrons. The number of para-hydroxylation sites is 1. The summed E-state index contributed by atoms with van der Waals surface area (Å²) in [5, 5.41) is 11.0. The molecule has 1 aromatic carbocycles. The van der Waals surface area contributed by atoms with Gasteiger partial charge in [0.2, 0.25) is 0 Å². The first-order valence-electron chi connectivity index (χ1n) is 5.97. The normalized spacial score (nSPS) is 11.3. The van der Waals surface area contributed by atoms with E-state index in [1.54, 1.807) is 30.5 Å². The Morgan fingerprint density at radius 3 is 2.86 bits per heavy atom. The van der Waals surface area contributed by atoms with Gasteiger partial charge < -0.3 is 4.42 Å². The fourth-order valence-electron chi connectivity index (χ4n) is 1.79. The number of halogens is 1. The summed E-state index contributed by atoms with van der Waals surface area (Å²) in [5.41, 5.74) is 1.88. The van der Waals surface area contributed by atoms with E-state index in [1.807, 2.05) is 6.07 Å². The zero-order valence-electron chi connectivity index (χ0n) is 10.6. The molecule has 0 fully saturated rings.